The molecule has 0 aliphatic carbocycles. The smallest absolute Gasteiger partial charge is 0.261 e. The summed E-state index contributed by atoms with van der Waals surface area (Å²) >= 11 is 0. The van der Waals surface area contributed by atoms with E-state index in [0.29, 0.717) is 31.9 Å². The highest BCUT2D eigenvalue weighted by Crippen LogP contribution is 2.43. The van der Waals surface area contributed by atoms with Crippen molar-refractivity contribution in [1.29, 1.82) is 0 Å². The number of benzene rings is 1. The van der Waals surface area contributed by atoms with Gasteiger partial charge in [0.05, 0.1) is 18.6 Å². The Morgan fingerprint density at radius 1 is 1.36 bits per heavy atom. The van der Waals surface area contributed by atoms with Crippen LogP contribution in [0, 0.1) is 5.41 Å². The van der Waals surface area contributed by atoms with Gasteiger partial charge in [-0.05, 0) is 37.5 Å². The lowest BCUT2D eigenvalue weighted by Crippen LogP contribution is -2.59. The predicted octanol–water partition coefficient (Wildman–Crippen LogP) is 2.53. The molecule has 5 nitrogen and oxygen atoms in total. The summed E-state index contributed by atoms with van der Waals surface area (Å²) in [7, 11) is 0. The van der Waals surface area contributed by atoms with E-state index in [2.05, 4.69) is 5.32 Å². The largest absolute Gasteiger partial charge is 0.504 e. The summed E-state index contributed by atoms with van der Waals surface area (Å²) in [6.07, 6.45) is 0.830. The van der Waals surface area contributed by atoms with Crippen molar-refractivity contribution in [1.82, 2.24) is 10.2 Å². The van der Waals surface area contributed by atoms with Gasteiger partial charge in [0.15, 0.2) is 11.5 Å². The molecule has 1 atom stereocenters. The fraction of sp³-hybridized carbons (Fsp3) is 0.611. The summed E-state index contributed by atoms with van der Waals surface area (Å²) < 4.78 is 34.0. The van der Waals surface area contributed by atoms with E-state index in [4.69, 9.17) is 4.74 Å². The number of nitrogens with zero attached hydrogens (tertiary/aromatic N) is 1. The molecule has 2 aliphatic heterocycles. The number of likely N-dealkylation sites (tertiary alicyclic amines) is 1. The summed E-state index contributed by atoms with van der Waals surface area (Å²) in [4.78, 5) is 14.0. The van der Waals surface area contributed by atoms with E-state index in [1.807, 2.05) is 6.92 Å². The molecule has 1 spiro atoms. The third-order valence-corrected chi connectivity index (χ3v) is 4.91. The summed E-state index contributed by atoms with van der Waals surface area (Å²) in [5, 5.41) is 12.5. The van der Waals surface area contributed by atoms with Crippen molar-refractivity contribution in [3.05, 3.63) is 23.8 Å². The molecule has 2 saturated heterocycles. The van der Waals surface area contributed by atoms with Crippen LogP contribution in [-0.4, -0.2) is 48.1 Å². The third kappa shape index (κ3) is 3.86. The molecule has 2 fully saturated rings. The number of phenols is 1. The van der Waals surface area contributed by atoms with Crippen LogP contribution in [0.2, 0.25) is 0 Å². The molecule has 0 saturated carbocycles. The third-order valence-electron chi connectivity index (χ3n) is 4.91. The molecule has 25 heavy (non-hydrogen) atoms. The first-order valence-electron chi connectivity index (χ1n) is 8.67. The Bertz CT molecular complexity index is 653. The van der Waals surface area contributed by atoms with Crippen molar-refractivity contribution in [3.8, 4) is 11.5 Å². The van der Waals surface area contributed by atoms with Crippen molar-refractivity contribution in [2.45, 2.75) is 38.7 Å². The van der Waals surface area contributed by atoms with Crippen molar-refractivity contribution in [2.24, 2.45) is 5.41 Å². The van der Waals surface area contributed by atoms with Crippen molar-refractivity contribution >= 4 is 5.91 Å². The SMILES string of the molecule is CCOc1cc(CN2CC(F)(F)CC3(CCCNC3=O)C2)ccc1O. The molecule has 2 heterocycles. The number of piperidine rings is 2. The lowest BCUT2D eigenvalue weighted by atomic mass is 9.72. The fourth-order valence-corrected chi connectivity index (χ4v) is 3.97. The quantitative estimate of drug-likeness (QED) is 0.872. The minimum absolute atomic E-state index is 0.0257. The lowest BCUT2D eigenvalue weighted by Gasteiger charge is -2.46. The van der Waals surface area contributed by atoms with Gasteiger partial charge < -0.3 is 15.2 Å². The first-order chi connectivity index (χ1) is 11.8. The lowest BCUT2D eigenvalue weighted by molar-refractivity contribution is -0.158. The number of ether oxygens (including phenoxy) is 1. The number of halogens is 2. The van der Waals surface area contributed by atoms with Crippen molar-refractivity contribution in [2.75, 3.05) is 26.2 Å². The van der Waals surface area contributed by atoms with Crippen LogP contribution in [-0.2, 0) is 11.3 Å². The highest BCUT2D eigenvalue weighted by Gasteiger charge is 2.53. The van der Waals surface area contributed by atoms with E-state index in [0.717, 1.165) is 12.0 Å². The summed E-state index contributed by atoms with van der Waals surface area (Å²) in [6.45, 7) is 3.00. The molecular weight excluding hydrogens is 330 g/mol. The van der Waals surface area contributed by atoms with E-state index in [1.165, 1.54) is 6.07 Å². The van der Waals surface area contributed by atoms with Gasteiger partial charge >= 0.3 is 0 Å². The Morgan fingerprint density at radius 2 is 2.16 bits per heavy atom. The second kappa shape index (κ2) is 6.78. The first kappa shape index (κ1) is 17.9. The molecule has 2 N–H and O–H groups in total. The average Bonchev–Trinajstić information content (AvgIpc) is 2.52. The topological polar surface area (TPSA) is 61.8 Å². The number of phenolic OH excluding ortho intramolecular Hbond substituents is 1. The number of alkyl halides is 2. The molecule has 7 heteroatoms. The molecule has 2 aliphatic rings. The van der Waals surface area contributed by atoms with E-state index in [-0.39, 0.29) is 31.2 Å². The minimum Gasteiger partial charge on any atom is -0.504 e. The number of carbonyl (C=O) groups excluding carboxylic acids is 1. The van der Waals surface area contributed by atoms with Gasteiger partial charge in [-0.15, -0.1) is 0 Å². The molecule has 1 unspecified atom stereocenters. The van der Waals surface area contributed by atoms with E-state index in [1.54, 1.807) is 17.0 Å². The molecule has 1 aromatic carbocycles. The van der Waals surface area contributed by atoms with E-state index in [9.17, 15) is 18.7 Å². The number of carbonyl (C=O) groups is 1. The van der Waals surface area contributed by atoms with Gasteiger partial charge in [0.25, 0.3) is 5.92 Å². The molecular formula is C18H24F2N2O3. The van der Waals surface area contributed by atoms with Crippen LogP contribution in [0.25, 0.3) is 0 Å². The second-order valence-electron chi connectivity index (χ2n) is 7.05. The summed E-state index contributed by atoms with van der Waals surface area (Å²) in [5.74, 6) is -2.79. The predicted molar refractivity (Wildman–Crippen MR) is 88.8 cm³/mol. The Morgan fingerprint density at radius 3 is 2.88 bits per heavy atom. The number of aromatic hydroxyl groups is 1. The van der Waals surface area contributed by atoms with Crippen LogP contribution >= 0.6 is 0 Å². The van der Waals surface area contributed by atoms with Crippen LogP contribution in [0.4, 0.5) is 8.78 Å². The van der Waals surface area contributed by atoms with Crippen molar-refractivity contribution < 1.29 is 23.4 Å². The maximum Gasteiger partial charge on any atom is 0.261 e. The van der Waals surface area contributed by atoms with Gasteiger partial charge in [0, 0.05) is 26.1 Å². The Balaban J connectivity index is 1.80. The van der Waals surface area contributed by atoms with Gasteiger partial charge in [-0.25, -0.2) is 8.78 Å². The normalized spacial score (nSPS) is 26.4. The average molecular weight is 354 g/mol. The Kier molecular flexibility index (Phi) is 4.86. The van der Waals surface area contributed by atoms with E-state index < -0.39 is 11.3 Å². The highest BCUT2D eigenvalue weighted by molar-refractivity contribution is 5.83. The monoisotopic (exact) mass is 354 g/mol. The molecule has 0 bridgehead atoms. The molecule has 3 rings (SSSR count). The number of hydrogen-bond acceptors (Lipinski definition) is 4. The van der Waals surface area contributed by atoms with E-state index >= 15 is 0 Å². The second-order valence-corrected chi connectivity index (χ2v) is 7.05. The van der Waals surface area contributed by atoms with Crippen molar-refractivity contribution in [3.63, 3.8) is 0 Å². The maximum absolute atomic E-state index is 14.3. The van der Waals surface area contributed by atoms with Crippen LogP contribution in [0.15, 0.2) is 18.2 Å². The van der Waals surface area contributed by atoms with Gasteiger partial charge in [-0.1, -0.05) is 6.07 Å². The molecule has 0 radical (unpaired) electrons. The van der Waals surface area contributed by atoms with Crippen LogP contribution in [0.5, 0.6) is 11.5 Å². The van der Waals surface area contributed by atoms with Crippen LogP contribution in [0.1, 0.15) is 31.7 Å². The zero-order valence-electron chi connectivity index (χ0n) is 14.4. The van der Waals surface area contributed by atoms with Crippen LogP contribution in [0.3, 0.4) is 0 Å². The number of nitrogens with one attached hydrogen (secondary N) is 1. The van der Waals surface area contributed by atoms with Gasteiger partial charge in [0.2, 0.25) is 5.91 Å². The minimum atomic E-state index is -2.90. The van der Waals surface area contributed by atoms with Gasteiger partial charge in [-0.2, -0.15) is 0 Å². The van der Waals surface area contributed by atoms with Crippen LogP contribution < -0.4 is 10.1 Å². The molecule has 1 amide bonds. The zero-order chi connectivity index (χ0) is 18.1. The Hall–Kier alpha value is -1.89. The first-order valence-corrected chi connectivity index (χ1v) is 8.67. The number of amides is 1. The highest BCUT2D eigenvalue weighted by atomic mass is 19.3. The molecule has 0 aromatic heterocycles. The zero-order valence-corrected chi connectivity index (χ0v) is 14.4. The number of hydrogen-bond donors (Lipinski definition) is 2. The standard InChI is InChI=1S/C18H24F2N2O3/c1-2-25-15-8-13(4-5-14(15)23)9-22-11-17(10-18(19,20)12-22)6-3-7-21-16(17)24/h4-5,8,23H,2-3,6-7,9-12H2,1H3,(H,21,24). The summed E-state index contributed by atoms with van der Waals surface area (Å²) in [5.41, 5.74) is -0.245. The molecule has 138 valence electrons. The van der Waals surface area contributed by atoms with Gasteiger partial charge in [-0.3, -0.25) is 9.69 Å². The fourth-order valence-electron chi connectivity index (χ4n) is 3.97. The maximum atomic E-state index is 14.3. The number of rotatable bonds is 4. The molecule has 1 aromatic rings. The van der Waals surface area contributed by atoms with Gasteiger partial charge in [0.1, 0.15) is 0 Å². The summed E-state index contributed by atoms with van der Waals surface area (Å²) in [6, 6.07) is 4.86. The Labute approximate surface area is 146 Å².